The summed E-state index contributed by atoms with van der Waals surface area (Å²) < 4.78 is 10.3. The predicted molar refractivity (Wildman–Crippen MR) is 80.9 cm³/mol. The lowest BCUT2D eigenvalue weighted by Gasteiger charge is -2.08. The lowest BCUT2D eigenvalue weighted by molar-refractivity contribution is 0.104. The van der Waals surface area contributed by atoms with E-state index in [0.717, 1.165) is 6.08 Å². The maximum absolute atomic E-state index is 12.3. The zero-order valence-electron chi connectivity index (χ0n) is 11.9. The molecule has 0 aliphatic carbocycles. The minimum absolute atomic E-state index is 0.150. The van der Waals surface area contributed by atoms with Crippen molar-refractivity contribution in [1.29, 1.82) is 0 Å². The lowest BCUT2D eigenvalue weighted by Crippen LogP contribution is -2.00. The van der Waals surface area contributed by atoms with Gasteiger partial charge in [0, 0.05) is 6.08 Å². The molecule has 0 atom stereocenters. The van der Waals surface area contributed by atoms with Crippen molar-refractivity contribution in [2.75, 3.05) is 14.2 Å². The Morgan fingerprint density at radius 3 is 1.95 bits per heavy atom. The number of benzene rings is 2. The first kappa shape index (κ1) is 14.7. The van der Waals surface area contributed by atoms with Gasteiger partial charge in [-0.15, -0.1) is 0 Å². The molecular weight excluding hydrogens is 268 g/mol. The quantitative estimate of drug-likeness (QED) is 0.519. The number of hydrogen-bond acceptors (Lipinski definition) is 4. The van der Waals surface area contributed by atoms with Crippen LogP contribution < -0.4 is 9.47 Å². The van der Waals surface area contributed by atoms with E-state index in [1.165, 1.54) is 14.2 Å². The number of para-hydroxylation sites is 2. The number of ketones is 1. The highest BCUT2D eigenvalue weighted by Crippen LogP contribution is 2.25. The van der Waals surface area contributed by atoms with Crippen LogP contribution in [0.3, 0.4) is 0 Å². The number of allylic oxidation sites excluding steroid dienone is 1. The Morgan fingerprint density at radius 2 is 1.38 bits per heavy atom. The molecule has 21 heavy (non-hydrogen) atoms. The van der Waals surface area contributed by atoms with E-state index < -0.39 is 0 Å². The van der Waals surface area contributed by atoms with Crippen molar-refractivity contribution in [2.45, 2.75) is 0 Å². The third-order valence-corrected chi connectivity index (χ3v) is 3.02. The van der Waals surface area contributed by atoms with Crippen LogP contribution in [0.2, 0.25) is 0 Å². The molecule has 1 N–H and O–H groups in total. The number of methoxy groups -OCH3 is 2. The first-order valence-electron chi connectivity index (χ1n) is 6.38. The Hall–Kier alpha value is -2.75. The summed E-state index contributed by atoms with van der Waals surface area (Å²) in [5.41, 5.74) is 0.852. The van der Waals surface area contributed by atoms with Gasteiger partial charge in [0.2, 0.25) is 0 Å². The fourth-order valence-electron chi connectivity index (χ4n) is 1.98. The van der Waals surface area contributed by atoms with Gasteiger partial charge in [0.05, 0.1) is 25.3 Å². The van der Waals surface area contributed by atoms with Crippen LogP contribution in [0.5, 0.6) is 11.5 Å². The van der Waals surface area contributed by atoms with Gasteiger partial charge in [0.1, 0.15) is 17.3 Å². The average molecular weight is 284 g/mol. The number of aliphatic hydroxyl groups is 1. The molecule has 0 saturated heterocycles. The number of aliphatic hydroxyl groups excluding tert-OH is 1. The monoisotopic (exact) mass is 284 g/mol. The molecule has 0 fully saturated rings. The third kappa shape index (κ3) is 3.23. The van der Waals surface area contributed by atoms with Crippen molar-refractivity contribution >= 4 is 11.5 Å². The third-order valence-electron chi connectivity index (χ3n) is 3.02. The summed E-state index contributed by atoms with van der Waals surface area (Å²) in [4.78, 5) is 12.3. The zero-order chi connectivity index (χ0) is 15.2. The summed E-state index contributed by atoms with van der Waals surface area (Å²) in [6.45, 7) is 0. The number of hydrogen-bond donors (Lipinski definition) is 1. The first-order chi connectivity index (χ1) is 10.2. The summed E-state index contributed by atoms with van der Waals surface area (Å²) in [7, 11) is 3.00. The highest BCUT2D eigenvalue weighted by Gasteiger charge is 2.13. The van der Waals surface area contributed by atoms with E-state index in [0.29, 0.717) is 22.6 Å². The van der Waals surface area contributed by atoms with Gasteiger partial charge in [-0.1, -0.05) is 24.3 Å². The van der Waals surface area contributed by atoms with Gasteiger partial charge < -0.3 is 14.6 Å². The molecular formula is C17H16O4. The minimum Gasteiger partial charge on any atom is -0.507 e. The van der Waals surface area contributed by atoms with Crippen LogP contribution in [0.15, 0.2) is 54.6 Å². The molecule has 0 radical (unpaired) electrons. The van der Waals surface area contributed by atoms with Crippen molar-refractivity contribution in [1.82, 2.24) is 0 Å². The smallest absolute Gasteiger partial charge is 0.193 e. The molecule has 0 aromatic heterocycles. The summed E-state index contributed by atoms with van der Waals surface area (Å²) >= 11 is 0. The maximum atomic E-state index is 12.3. The van der Waals surface area contributed by atoms with Crippen LogP contribution in [0, 0.1) is 0 Å². The van der Waals surface area contributed by atoms with E-state index in [4.69, 9.17) is 9.47 Å². The van der Waals surface area contributed by atoms with Crippen molar-refractivity contribution in [3.05, 3.63) is 65.7 Å². The van der Waals surface area contributed by atoms with Gasteiger partial charge in [-0.25, -0.2) is 0 Å². The van der Waals surface area contributed by atoms with Crippen LogP contribution in [0.4, 0.5) is 0 Å². The van der Waals surface area contributed by atoms with Crippen LogP contribution in [0.1, 0.15) is 15.9 Å². The molecule has 0 spiro atoms. The Labute approximate surface area is 123 Å². The van der Waals surface area contributed by atoms with E-state index in [1.54, 1.807) is 48.5 Å². The highest BCUT2D eigenvalue weighted by atomic mass is 16.5. The number of rotatable bonds is 5. The molecule has 0 aliphatic rings. The van der Waals surface area contributed by atoms with Crippen LogP contribution >= 0.6 is 0 Å². The van der Waals surface area contributed by atoms with Gasteiger partial charge in [0.15, 0.2) is 5.78 Å². The summed E-state index contributed by atoms with van der Waals surface area (Å²) in [5, 5.41) is 10.1. The lowest BCUT2D eigenvalue weighted by atomic mass is 10.1. The molecule has 2 rings (SSSR count). The van der Waals surface area contributed by atoms with Crippen molar-refractivity contribution in [3.8, 4) is 11.5 Å². The van der Waals surface area contributed by atoms with Crippen molar-refractivity contribution < 1.29 is 19.4 Å². The largest absolute Gasteiger partial charge is 0.507 e. The average Bonchev–Trinajstić information content (AvgIpc) is 2.54. The number of ether oxygens (including phenoxy) is 2. The topological polar surface area (TPSA) is 55.8 Å². The molecule has 2 aromatic carbocycles. The van der Waals surface area contributed by atoms with E-state index in [1.807, 2.05) is 0 Å². The Bertz CT molecular complexity index is 674. The SMILES string of the molecule is COc1ccccc1C(=O)C=C(O)c1ccccc1OC. The standard InChI is InChI=1S/C17H16O4/c1-20-16-9-5-3-7-12(16)14(18)11-15(19)13-8-4-6-10-17(13)21-2/h3-11,18H,1-2H3. The Kier molecular flexibility index (Phi) is 4.61. The number of carbonyl (C=O) groups excluding carboxylic acids is 1. The van der Waals surface area contributed by atoms with E-state index in [2.05, 4.69) is 0 Å². The Morgan fingerprint density at radius 1 is 0.905 bits per heavy atom. The molecule has 4 heteroatoms. The molecule has 0 amide bonds. The normalized spacial score (nSPS) is 11.0. The molecule has 4 nitrogen and oxygen atoms in total. The van der Waals surface area contributed by atoms with Crippen molar-refractivity contribution in [2.24, 2.45) is 0 Å². The minimum atomic E-state index is -0.337. The second kappa shape index (κ2) is 6.61. The molecule has 2 aromatic rings. The van der Waals surface area contributed by atoms with Crippen LogP contribution in [-0.4, -0.2) is 25.1 Å². The fourth-order valence-corrected chi connectivity index (χ4v) is 1.98. The van der Waals surface area contributed by atoms with E-state index in [9.17, 15) is 9.90 Å². The predicted octanol–water partition coefficient (Wildman–Crippen LogP) is 3.49. The van der Waals surface area contributed by atoms with Crippen LogP contribution in [-0.2, 0) is 0 Å². The molecule has 0 bridgehead atoms. The van der Waals surface area contributed by atoms with Crippen molar-refractivity contribution in [3.63, 3.8) is 0 Å². The summed E-state index contributed by atoms with van der Waals surface area (Å²) in [6, 6.07) is 13.8. The maximum Gasteiger partial charge on any atom is 0.193 e. The first-order valence-corrected chi connectivity index (χ1v) is 6.38. The second-order valence-corrected chi connectivity index (χ2v) is 4.29. The van der Waals surface area contributed by atoms with Gasteiger partial charge in [-0.3, -0.25) is 4.79 Å². The molecule has 108 valence electrons. The molecule has 0 heterocycles. The summed E-state index contributed by atoms with van der Waals surface area (Å²) in [6.07, 6.45) is 1.16. The fraction of sp³-hybridized carbons (Fsp3) is 0.118. The van der Waals surface area contributed by atoms with E-state index in [-0.39, 0.29) is 11.5 Å². The molecule has 0 saturated carbocycles. The van der Waals surface area contributed by atoms with E-state index >= 15 is 0 Å². The Balaban J connectivity index is 2.36. The van der Waals surface area contributed by atoms with Gasteiger partial charge in [0.25, 0.3) is 0 Å². The highest BCUT2D eigenvalue weighted by molar-refractivity contribution is 6.09. The second-order valence-electron chi connectivity index (χ2n) is 4.29. The summed E-state index contributed by atoms with van der Waals surface area (Å²) in [5.74, 6) is 0.477. The molecule has 0 aliphatic heterocycles. The zero-order valence-corrected chi connectivity index (χ0v) is 11.9. The van der Waals surface area contributed by atoms with Gasteiger partial charge >= 0.3 is 0 Å². The van der Waals surface area contributed by atoms with Crippen LogP contribution in [0.25, 0.3) is 5.76 Å². The number of carbonyl (C=O) groups is 1. The van der Waals surface area contributed by atoms with Gasteiger partial charge in [-0.2, -0.15) is 0 Å². The molecule has 0 unspecified atom stereocenters. The van der Waals surface area contributed by atoms with Gasteiger partial charge in [-0.05, 0) is 24.3 Å².